The molecular formula is C11H15NO5. The summed E-state index contributed by atoms with van der Waals surface area (Å²) < 4.78 is 0.628. The predicted molar refractivity (Wildman–Crippen MR) is 58.4 cm³/mol. The van der Waals surface area contributed by atoms with Gasteiger partial charge < -0.3 is 19.8 Å². The van der Waals surface area contributed by atoms with Gasteiger partial charge in [0.1, 0.15) is 5.78 Å². The van der Waals surface area contributed by atoms with Gasteiger partial charge in [0.15, 0.2) is 0 Å². The SMILES string of the molecule is CC(=O)CC(C)CC(=O)On1c(O)ccc1O. The Morgan fingerprint density at radius 1 is 1.29 bits per heavy atom. The molecule has 1 aromatic rings. The van der Waals surface area contributed by atoms with Gasteiger partial charge in [0.05, 0.1) is 6.42 Å². The monoisotopic (exact) mass is 241 g/mol. The highest BCUT2D eigenvalue weighted by molar-refractivity contribution is 5.77. The standard InChI is InChI=1S/C11H15NO5/c1-7(5-8(2)13)6-11(16)17-12-9(14)3-4-10(12)15/h3-4,7,14-15H,5-6H2,1-2H3. The highest BCUT2D eigenvalue weighted by Gasteiger charge is 2.16. The molecule has 0 saturated carbocycles. The van der Waals surface area contributed by atoms with Gasteiger partial charge in [0.2, 0.25) is 11.8 Å². The summed E-state index contributed by atoms with van der Waals surface area (Å²) in [6.45, 7) is 3.20. The molecule has 1 heterocycles. The minimum Gasteiger partial charge on any atom is -0.492 e. The van der Waals surface area contributed by atoms with E-state index in [-0.39, 0.29) is 29.9 Å². The zero-order chi connectivity index (χ0) is 13.0. The van der Waals surface area contributed by atoms with Crippen molar-refractivity contribution in [2.45, 2.75) is 26.7 Å². The second-order valence-corrected chi connectivity index (χ2v) is 4.02. The van der Waals surface area contributed by atoms with Crippen LogP contribution in [-0.2, 0) is 9.59 Å². The molecule has 0 fully saturated rings. The summed E-state index contributed by atoms with van der Waals surface area (Å²) in [5.41, 5.74) is 0. The lowest BCUT2D eigenvalue weighted by molar-refractivity contribution is -0.146. The molecule has 0 amide bonds. The van der Waals surface area contributed by atoms with Gasteiger partial charge in [-0.3, -0.25) is 0 Å². The number of hydrogen-bond acceptors (Lipinski definition) is 5. The van der Waals surface area contributed by atoms with Gasteiger partial charge in [-0.2, -0.15) is 0 Å². The van der Waals surface area contributed by atoms with Gasteiger partial charge in [0, 0.05) is 18.6 Å². The quantitative estimate of drug-likeness (QED) is 0.798. The zero-order valence-electron chi connectivity index (χ0n) is 9.71. The number of aromatic hydroxyl groups is 2. The Hall–Kier alpha value is -1.98. The largest absolute Gasteiger partial charge is 0.492 e. The lowest BCUT2D eigenvalue weighted by Gasteiger charge is -2.10. The second kappa shape index (κ2) is 5.38. The molecule has 1 unspecified atom stereocenters. The molecule has 94 valence electrons. The molecule has 0 aromatic carbocycles. The van der Waals surface area contributed by atoms with Crippen LogP contribution in [0.4, 0.5) is 0 Å². The van der Waals surface area contributed by atoms with E-state index in [1.807, 2.05) is 0 Å². The van der Waals surface area contributed by atoms with Crippen molar-refractivity contribution in [2.24, 2.45) is 5.92 Å². The molecule has 0 spiro atoms. The molecule has 6 nitrogen and oxygen atoms in total. The van der Waals surface area contributed by atoms with E-state index in [0.29, 0.717) is 11.2 Å². The predicted octanol–water partition coefficient (Wildman–Crippen LogP) is 0.860. The first-order chi connectivity index (χ1) is 7.90. The number of rotatable bonds is 5. The minimum absolute atomic E-state index is 0.00282. The van der Waals surface area contributed by atoms with E-state index >= 15 is 0 Å². The van der Waals surface area contributed by atoms with E-state index in [4.69, 9.17) is 4.84 Å². The van der Waals surface area contributed by atoms with Crippen LogP contribution in [-0.4, -0.2) is 26.7 Å². The summed E-state index contributed by atoms with van der Waals surface area (Å²) in [6.07, 6.45) is 0.329. The minimum atomic E-state index is -0.624. The van der Waals surface area contributed by atoms with Crippen LogP contribution >= 0.6 is 0 Å². The van der Waals surface area contributed by atoms with E-state index in [2.05, 4.69) is 0 Å². The lowest BCUT2D eigenvalue weighted by atomic mass is 10.0. The summed E-state index contributed by atoms with van der Waals surface area (Å²) in [5, 5.41) is 18.5. The highest BCUT2D eigenvalue weighted by atomic mass is 16.7. The number of Topliss-reactive ketones (excluding diaryl/α,β-unsaturated/α-hetero) is 1. The molecule has 0 saturated heterocycles. The summed E-state index contributed by atoms with van der Waals surface area (Å²) in [5.74, 6) is -1.50. The topological polar surface area (TPSA) is 88.8 Å². The summed E-state index contributed by atoms with van der Waals surface area (Å²) in [6, 6.07) is 2.39. The molecule has 0 aliphatic rings. The molecule has 1 aromatic heterocycles. The van der Waals surface area contributed by atoms with Gasteiger partial charge in [-0.25, -0.2) is 4.79 Å². The lowest BCUT2D eigenvalue weighted by Crippen LogP contribution is -2.21. The maximum atomic E-state index is 11.4. The Morgan fingerprint density at radius 2 is 1.82 bits per heavy atom. The van der Waals surface area contributed by atoms with Crippen LogP contribution in [0.15, 0.2) is 12.1 Å². The highest BCUT2D eigenvalue weighted by Crippen LogP contribution is 2.19. The van der Waals surface area contributed by atoms with Crippen molar-refractivity contribution in [1.82, 2.24) is 4.73 Å². The average molecular weight is 241 g/mol. The van der Waals surface area contributed by atoms with E-state index in [0.717, 1.165) is 0 Å². The average Bonchev–Trinajstić information content (AvgIpc) is 2.47. The van der Waals surface area contributed by atoms with Crippen molar-refractivity contribution in [3.05, 3.63) is 12.1 Å². The number of ketones is 1. The summed E-state index contributed by atoms with van der Waals surface area (Å²) in [4.78, 5) is 27.0. The van der Waals surface area contributed by atoms with Gasteiger partial charge in [-0.05, 0) is 12.8 Å². The zero-order valence-corrected chi connectivity index (χ0v) is 9.71. The second-order valence-electron chi connectivity index (χ2n) is 4.02. The van der Waals surface area contributed by atoms with Crippen LogP contribution in [0.1, 0.15) is 26.7 Å². The third kappa shape index (κ3) is 3.82. The van der Waals surface area contributed by atoms with Crippen LogP contribution < -0.4 is 4.84 Å². The van der Waals surface area contributed by atoms with Crippen LogP contribution in [0, 0.1) is 5.92 Å². The van der Waals surface area contributed by atoms with Gasteiger partial charge in [0.25, 0.3) is 0 Å². The van der Waals surface area contributed by atoms with E-state index in [9.17, 15) is 19.8 Å². The van der Waals surface area contributed by atoms with Crippen molar-refractivity contribution >= 4 is 11.8 Å². The Balaban J connectivity index is 2.53. The van der Waals surface area contributed by atoms with Crippen molar-refractivity contribution in [1.29, 1.82) is 0 Å². The number of hydrogen-bond donors (Lipinski definition) is 2. The van der Waals surface area contributed by atoms with Crippen LogP contribution in [0.5, 0.6) is 11.8 Å². The fraction of sp³-hybridized carbons (Fsp3) is 0.455. The van der Waals surface area contributed by atoms with Gasteiger partial charge in [-0.1, -0.05) is 6.92 Å². The molecular weight excluding hydrogens is 226 g/mol. The summed E-state index contributed by atoms with van der Waals surface area (Å²) >= 11 is 0. The Labute approximate surface area is 98.4 Å². The van der Waals surface area contributed by atoms with Crippen molar-refractivity contribution in [3.63, 3.8) is 0 Å². The van der Waals surface area contributed by atoms with Crippen LogP contribution in [0.2, 0.25) is 0 Å². The molecule has 1 atom stereocenters. The molecule has 2 N–H and O–H groups in total. The Morgan fingerprint density at radius 3 is 2.29 bits per heavy atom. The van der Waals surface area contributed by atoms with Crippen LogP contribution in [0.3, 0.4) is 0 Å². The van der Waals surface area contributed by atoms with Crippen molar-refractivity contribution < 1.29 is 24.6 Å². The maximum absolute atomic E-state index is 11.4. The Bertz CT molecular complexity index is 404. The number of carbonyl (C=O) groups excluding carboxylic acids is 2. The van der Waals surface area contributed by atoms with Crippen molar-refractivity contribution in [2.75, 3.05) is 0 Å². The first-order valence-corrected chi connectivity index (χ1v) is 5.20. The molecule has 0 aliphatic heterocycles. The maximum Gasteiger partial charge on any atom is 0.333 e. The van der Waals surface area contributed by atoms with E-state index < -0.39 is 5.97 Å². The fourth-order valence-electron chi connectivity index (χ4n) is 1.48. The van der Waals surface area contributed by atoms with Gasteiger partial charge >= 0.3 is 5.97 Å². The van der Waals surface area contributed by atoms with Crippen LogP contribution in [0.25, 0.3) is 0 Å². The first-order valence-electron chi connectivity index (χ1n) is 5.20. The molecule has 0 bridgehead atoms. The van der Waals surface area contributed by atoms with Crippen molar-refractivity contribution in [3.8, 4) is 11.8 Å². The normalized spacial score (nSPS) is 12.1. The third-order valence-electron chi connectivity index (χ3n) is 2.14. The molecule has 0 radical (unpaired) electrons. The van der Waals surface area contributed by atoms with Gasteiger partial charge in [-0.15, -0.1) is 4.73 Å². The number of nitrogens with zero attached hydrogens (tertiary/aromatic N) is 1. The third-order valence-corrected chi connectivity index (χ3v) is 2.14. The smallest absolute Gasteiger partial charge is 0.333 e. The molecule has 0 aliphatic carbocycles. The molecule has 17 heavy (non-hydrogen) atoms. The molecule has 6 heteroatoms. The number of carbonyl (C=O) groups is 2. The first kappa shape index (κ1) is 13.1. The summed E-state index contributed by atoms with van der Waals surface area (Å²) in [7, 11) is 0. The van der Waals surface area contributed by atoms with E-state index in [1.165, 1.54) is 19.1 Å². The Kier molecular flexibility index (Phi) is 4.14. The fourth-order valence-corrected chi connectivity index (χ4v) is 1.48. The van der Waals surface area contributed by atoms with E-state index in [1.54, 1.807) is 6.92 Å². The number of aromatic nitrogens is 1. The molecule has 1 rings (SSSR count).